The fraction of sp³-hybridized carbons (Fsp3) is 0.176. The molecule has 0 saturated heterocycles. The number of non-ortho nitro benzene ring substituents is 1. The van der Waals surface area contributed by atoms with Gasteiger partial charge in [-0.3, -0.25) is 15.2 Å². The fourth-order valence-electron chi connectivity index (χ4n) is 2.51. The van der Waals surface area contributed by atoms with E-state index >= 15 is 0 Å². The number of hydrogen-bond donors (Lipinski definition) is 2. The summed E-state index contributed by atoms with van der Waals surface area (Å²) >= 11 is 0. The number of aromatic nitrogens is 3. The van der Waals surface area contributed by atoms with Crippen LogP contribution in [0.3, 0.4) is 0 Å². The zero-order valence-corrected chi connectivity index (χ0v) is 13.5. The second-order valence-corrected chi connectivity index (χ2v) is 5.48. The highest BCUT2D eigenvalue weighted by atomic mass is 16.6. The van der Waals surface area contributed by atoms with Gasteiger partial charge in [0.2, 0.25) is 0 Å². The van der Waals surface area contributed by atoms with Crippen molar-refractivity contribution in [3.05, 3.63) is 70.0 Å². The first-order valence-corrected chi connectivity index (χ1v) is 7.63. The number of nitro benzene ring substituents is 1. The van der Waals surface area contributed by atoms with Gasteiger partial charge in [0.05, 0.1) is 23.6 Å². The maximum Gasteiger partial charge on any atom is 0.270 e. The summed E-state index contributed by atoms with van der Waals surface area (Å²) in [4.78, 5) is 14.9. The highest BCUT2D eigenvalue weighted by molar-refractivity contribution is 5.67. The summed E-state index contributed by atoms with van der Waals surface area (Å²) in [5.41, 5.74) is 7.65. The third kappa shape index (κ3) is 3.64. The number of nitrogens with zero attached hydrogens (tertiary/aromatic N) is 3. The molecule has 1 unspecified atom stereocenters. The molecule has 3 aromatic rings. The van der Waals surface area contributed by atoms with Crippen molar-refractivity contribution in [3.8, 4) is 17.1 Å². The van der Waals surface area contributed by atoms with Crippen LogP contribution in [-0.4, -0.2) is 27.2 Å². The smallest absolute Gasteiger partial charge is 0.270 e. The lowest BCUT2D eigenvalue weighted by atomic mass is 10.1. The van der Waals surface area contributed by atoms with Crippen LogP contribution >= 0.6 is 0 Å². The minimum atomic E-state index is -0.475. The summed E-state index contributed by atoms with van der Waals surface area (Å²) in [6, 6.07) is 13.7. The van der Waals surface area contributed by atoms with Gasteiger partial charge in [-0.2, -0.15) is 5.10 Å². The molecule has 0 aliphatic rings. The van der Waals surface area contributed by atoms with E-state index in [1.807, 2.05) is 30.3 Å². The summed E-state index contributed by atoms with van der Waals surface area (Å²) in [7, 11) is 1.49. The van der Waals surface area contributed by atoms with E-state index in [1.165, 1.54) is 25.3 Å². The van der Waals surface area contributed by atoms with Crippen LogP contribution in [0.1, 0.15) is 17.4 Å². The van der Waals surface area contributed by atoms with Crippen molar-refractivity contribution in [1.82, 2.24) is 15.2 Å². The summed E-state index contributed by atoms with van der Waals surface area (Å²) in [5.74, 6) is 1.26. The molecule has 0 saturated carbocycles. The second-order valence-electron chi connectivity index (χ2n) is 5.48. The monoisotopic (exact) mass is 339 g/mol. The molecule has 2 aromatic carbocycles. The van der Waals surface area contributed by atoms with Gasteiger partial charge >= 0.3 is 0 Å². The maximum atomic E-state index is 11.0. The molecule has 0 aliphatic heterocycles. The van der Waals surface area contributed by atoms with Crippen LogP contribution in [0.4, 0.5) is 5.69 Å². The van der Waals surface area contributed by atoms with E-state index in [0.717, 1.165) is 5.56 Å². The van der Waals surface area contributed by atoms with Crippen molar-refractivity contribution in [2.24, 2.45) is 5.73 Å². The molecule has 0 amide bonds. The van der Waals surface area contributed by atoms with Crippen molar-refractivity contribution < 1.29 is 9.66 Å². The number of hydrogen-bond acceptors (Lipinski definition) is 6. The average molecular weight is 339 g/mol. The number of nitrogens with one attached hydrogen (secondary N) is 1. The minimum Gasteiger partial charge on any atom is -0.496 e. The van der Waals surface area contributed by atoms with Gasteiger partial charge < -0.3 is 10.5 Å². The van der Waals surface area contributed by atoms with E-state index in [-0.39, 0.29) is 11.7 Å². The lowest BCUT2D eigenvalue weighted by Crippen LogP contribution is -2.15. The first kappa shape index (κ1) is 16.6. The van der Waals surface area contributed by atoms with Crippen molar-refractivity contribution in [2.45, 2.75) is 12.5 Å². The van der Waals surface area contributed by atoms with Gasteiger partial charge in [-0.15, -0.1) is 0 Å². The Hall–Kier alpha value is -3.26. The van der Waals surface area contributed by atoms with Crippen molar-refractivity contribution in [3.63, 3.8) is 0 Å². The third-order valence-electron chi connectivity index (χ3n) is 3.79. The molecular formula is C17H17N5O3. The van der Waals surface area contributed by atoms with Crippen LogP contribution in [0.2, 0.25) is 0 Å². The largest absolute Gasteiger partial charge is 0.496 e. The Kier molecular flexibility index (Phi) is 4.71. The topological polar surface area (TPSA) is 120 Å². The van der Waals surface area contributed by atoms with Crippen LogP contribution in [0, 0.1) is 10.1 Å². The number of benzene rings is 2. The quantitative estimate of drug-likeness (QED) is 0.526. The van der Waals surface area contributed by atoms with Crippen LogP contribution in [0.15, 0.2) is 48.5 Å². The van der Waals surface area contributed by atoms with E-state index in [4.69, 9.17) is 10.5 Å². The highest BCUT2D eigenvalue weighted by Gasteiger charge is 2.18. The van der Waals surface area contributed by atoms with Crippen molar-refractivity contribution in [2.75, 3.05) is 7.11 Å². The Balaban J connectivity index is 1.88. The Morgan fingerprint density at radius 1 is 1.28 bits per heavy atom. The number of nitro groups is 1. The molecule has 1 heterocycles. The van der Waals surface area contributed by atoms with Crippen LogP contribution < -0.4 is 10.5 Å². The molecule has 3 rings (SSSR count). The van der Waals surface area contributed by atoms with Crippen molar-refractivity contribution >= 4 is 5.69 Å². The molecule has 0 spiro atoms. The first-order chi connectivity index (χ1) is 12.1. The lowest BCUT2D eigenvalue weighted by molar-refractivity contribution is -0.384. The number of aromatic amines is 1. The fourth-order valence-corrected chi connectivity index (χ4v) is 2.51. The molecule has 0 aliphatic carbocycles. The molecule has 0 radical (unpaired) electrons. The number of methoxy groups -OCH3 is 1. The minimum absolute atomic E-state index is 0.0595. The normalized spacial score (nSPS) is 11.9. The Morgan fingerprint density at radius 3 is 2.72 bits per heavy atom. The van der Waals surface area contributed by atoms with Crippen LogP contribution in [0.25, 0.3) is 11.4 Å². The highest BCUT2D eigenvalue weighted by Crippen LogP contribution is 2.31. The summed E-state index contributed by atoms with van der Waals surface area (Å²) in [5, 5.41) is 17.9. The summed E-state index contributed by atoms with van der Waals surface area (Å²) < 4.78 is 5.25. The molecule has 0 bridgehead atoms. The number of H-pyrrole nitrogens is 1. The van der Waals surface area contributed by atoms with Crippen LogP contribution in [-0.2, 0) is 6.42 Å². The lowest BCUT2D eigenvalue weighted by Gasteiger charge is -2.08. The van der Waals surface area contributed by atoms with E-state index in [0.29, 0.717) is 29.4 Å². The standard InChI is InChI=1S/C17H17N5O3/c1-25-15-8-7-12(22(23)24)10-13(15)16-19-17(21-20-16)14(18)9-11-5-3-2-4-6-11/h2-8,10,14H,9,18H2,1H3,(H,19,20,21). The summed E-state index contributed by atoms with van der Waals surface area (Å²) in [6.45, 7) is 0. The number of rotatable bonds is 6. The number of nitrogens with two attached hydrogens (primary N) is 1. The molecule has 8 nitrogen and oxygen atoms in total. The number of ether oxygens (including phenoxy) is 1. The average Bonchev–Trinajstić information content (AvgIpc) is 3.12. The van der Waals surface area contributed by atoms with E-state index in [2.05, 4.69) is 15.2 Å². The van der Waals surface area contributed by atoms with Crippen LogP contribution in [0.5, 0.6) is 5.75 Å². The molecule has 0 fully saturated rings. The molecule has 1 atom stereocenters. The van der Waals surface area contributed by atoms with E-state index in [1.54, 1.807) is 0 Å². The molecule has 8 heteroatoms. The zero-order chi connectivity index (χ0) is 17.8. The SMILES string of the molecule is COc1ccc([N+](=O)[O-])cc1-c1n[nH]c(C(N)Cc2ccccc2)n1. The Labute approximate surface area is 143 Å². The third-order valence-corrected chi connectivity index (χ3v) is 3.79. The first-order valence-electron chi connectivity index (χ1n) is 7.63. The van der Waals surface area contributed by atoms with Gasteiger partial charge in [-0.1, -0.05) is 30.3 Å². The predicted molar refractivity (Wildman–Crippen MR) is 92.1 cm³/mol. The van der Waals surface area contributed by atoms with Gasteiger partial charge in [-0.05, 0) is 18.1 Å². The summed E-state index contributed by atoms with van der Waals surface area (Å²) in [6.07, 6.45) is 0.599. The second kappa shape index (κ2) is 7.10. The Bertz CT molecular complexity index is 879. The molecule has 3 N–H and O–H groups in total. The molecular weight excluding hydrogens is 322 g/mol. The van der Waals surface area contributed by atoms with Gasteiger partial charge in [0, 0.05) is 12.1 Å². The van der Waals surface area contributed by atoms with E-state index < -0.39 is 4.92 Å². The zero-order valence-electron chi connectivity index (χ0n) is 13.5. The van der Waals surface area contributed by atoms with Gasteiger partial charge in [0.25, 0.3) is 5.69 Å². The maximum absolute atomic E-state index is 11.0. The molecule has 1 aromatic heterocycles. The molecule has 128 valence electrons. The Morgan fingerprint density at radius 2 is 2.04 bits per heavy atom. The molecule has 25 heavy (non-hydrogen) atoms. The van der Waals surface area contributed by atoms with Gasteiger partial charge in [0.1, 0.15) is 11.6 Å². The van der Waals surface area contributed by atoms with E-state index in [9.17, 15) is 10.1 Å². The van der Waals surface area contributed by atoms with Gasteiger partial charge in [-0.25, -0.2) is 4.98 Å². The van der Waals surface area contributed by atoms with Gasteiger partial charge in [0.15, 0.2) is 5.82 Å². The van der Waals surface area contributed by atoms with Crippen molar-refractivity contribution in [1.29, 1.82) is 0 Å². The predicted octanol–water partition coefficient (Wildman–Crippen LogP) is 2.63.